The van der Waals surface area contributed by atoms with Crippen molar-refractivity contribution in [2.24, 2.45) is 0 Å². The molecule has 0 unspecified atom stereocenters. The minimum absolute atomic E-state index is 0.0659. The normalized spacial score (nSPS) is 16.0. The third-order valence-corrected chi connectivity index (χ3v) is 2.32. The number of hydrogen-bond donors (Lipinski definition) is 0. The molecule has 0 N–H and O–H groups in total. The summed E-state index contributed by atoms with van der Waals surface area (Å²) in [6.45, 7) is 3.32. The summed E-state index contributed by atoms with van der Waals surface area (Å²) >= 11 is 0. The average molecular weight is 212 g/mol. The first-order valence-corrected chi connectivity index (χ1v) is 5.21. The van der Waals surface area contributed by atoms with Gasteiger partial charge < -0.3 is 9.47 Å². The van der Waals surface area contributed by atoms with Crippen molar-refractivity contribution in [3.8, 4) is 0 Å². The van der Waals surface area contributed by atoms with Gasteiger partial charge in [-0.15, -0.1) is 0 Å². The van der Waals surface area contributed by atoms with E-state index >= 15 is 0 Å². The lowest BCUT2D eigenvalue weighted by Crippen LogP contribution is -2.16. The van der Waals surface area contributed by atoms with E-state index in [1.54, 1.807) is 0 Å². The fourth-order valence-corrected chi connectivity index (χ4v) is 1.54. The van der Waals surface area contributed by atoms with Crippen LogP contribution in [-0.4, -0.2) is 24.6 Å². The number of esters is 2. The van der Waals surface area contributed by atoms with Crippen LogP contribution < -0.4 is 0 Å². The SMILES string of the molecule is C=CC(=O)OCCC(=O)OC1CCCC1. The molecule has 0 atom stereocenters. The van der Waals surface area contributed by atoms with Crippen molar-refractivity contribution in [1.82, 2.24) is 0 Å². The Balaban J connectivity index is 2.07. The Labute approximate surface area is 89.2 Å². The van der Waals surface area contributed by atoms with Crippen molar-refractivity contribution in [2.45, 2.75) is 38.2 Å². The van der Waals surface area contributed by atoms with E-state index in [4.69, 9.17) is 4.74 Å². The van der Waals surface area contributed by atoms with E-state index in [9.17, 15) is 9.59 Å². The Hall–Kier alpha value is -1.32. The zero-order valence-corrected chi connectivity index (χ0v) is 8.74. The van der Waals surface area contributed by atoms with E-state index in [1.165, 1.54) is 0 Å². The topological polar surface area (TPSA) is 52.6 Å². The Kier molecular flexibility index (Phi) is 4.87. The summed E-state index contributed by atoms with van der Waals surface area (Å²) in [5.74, 6) is -0.803. The second-order valence-electron chi connectivity index (χ2n) is 3.52. The van der Waals surface area contributed by atoms with Gasteiger partial charge in [0.1, 0.15) is 12.7 Å². The van der Waals surface area contributed by atoms with Gasteiger partial charge in [-0.05, 0) is 25.7 Å². The highest BCUT2D eigenvalue weighted by Gasteiger charge is 2.18. The second kappa shape index (κ2) is 6.22. The molecular weight excluding hydrogens is 196 g/mol. The maximum Gasteiger partial charge on any atom is 0.330 e. The molecule has 1 aliphatic rings. The van der Waals surface area contributed by atoms with E-state index in [0.717, 1.165) is 31.8 Å². The maximum absolute atomic E-state index is 11.2. The predicted octanol–water partition coefficient (Wildman–Crippen LogP) is 1.59. The highest BCUT2D eigenvalue weighted by Crippen LogP contribution is 2.21. The molecule has 84 valence electrons. The summed E-state index contributed by atoms with van der Waals surface area (Å²) in [6, 6.07) is 0. The van der Waals surface area contributed by atoms with Crippen LogP contribution in [0.1, 0.15) is 32.1 Å². The average Bonchev–Trinajstić information content (AvgIpc) is 2.70. The van der Waals surface area contributed by atoms with Gasteiger partial charge in [-0.25, -0.2) is 4.79 Å². The van der Waals surface area contributed by atoms with E-state index in [-0.39, 0.29) is 25.1 Å². The van der Waals surface area contributed by atoms with Crippen molar-refractivity contribution in [3.63, 3.8) is 0 Å². The molecule has 0 aliphatic heterocycles. The van der Waals surface area contributed by atoms with Gasteiger partial charge in [-0.1, -0.05) is 6.58 Å². The van der Waals surface area contributed by atoms with Crippen LogP contribution in [0, 0.1) is 0 Å². The number of carbonyl (C=O) groups is 2. The van der Waals surface area contributed by atoms with Crippen molar-refractivity contribution >= 4 is 11.9 Å². The van der Waals surface area contributed by atoms with Gasteiger partial charge in [0.05, 0.1) is 6.42 Å². The largest absolute Gasteiger partial charge is 0.462 e. The quantitative estimate of drug-likeness (QED) is 0.513. The Morgan fingerprint density at radius 1 is 1.33 bits per heavy atom. The number of carbonyl (C=O) groups excluding carboxylic acids is 2. The van der Waals surface area contributed by atoms with Crippen LogP contribution in [0.2, 0.25) is 0 Å². The van der Waals surface area contributed by atoms with Crippen LogP contribution in [0.5, 0.6) is 0 Å². The molecule has 1 saturated carbocycles. The minimum Gasteiger partial charge on any atom is -0.462 e. The summed E-state index contributed by atoms with van der Waals surface area (Å²) in [4.78, 5) is 21.9. The molecule has 1 aliphatic carbocycles. The van der Waals surface area contributed by atoms with E-state index in [1.807, 2.05) is 0 Å². The summed E-state index contributed by atoms with van der Waals surface area (Å²) in [5, 5.41) is 0. The molecule has 0 radical (unpaired) electrons. The van der Waals surface area contributed by atoms with Crippen LogP contribution >= 0.6 is 0 Å². The van der Waals surface area contributed by atoms with E-state index < -0.39 is 5.97 Å². The number of hydrogen-bond acceptors (Lipinski definition) is 4. The summed E-state index contributed by atoms with van der Waals surface area (Å²) in [7, 11) is 0. The number of rotatable bonds is 5. The molecule has 15 heavy (non-hydrogen) atoms. The zero-order valence-electron chi connectivity index (χ0n) is 8.74. The molecule has 0 amide bonds. The molecule has 0 saturated heterocycles. The second-order valence-corrected chi connectivity index (χ2v) is 3.52. The molecule has 1 rings (SSSR count). The van der Waals surface area contributed by atoms with Crippen LogP contribution in [0.3, 0.4) is 0 Å². The smallest absolute Gasteiger partial charge is 0.330 e. The molecule has 0 bridgehead atoms. The molecule has 4 nitrogen and oxygen atoms in total. The molecule has 0 aromatic rings. The van der Waals surface area contributed by atoms with Crippen LogP contribution in [-0.2, 0) is 19.1 Å². The van der Waals surface area contributed by atoms with Gasteiger partial charge in [0, 0.05) is 6.08 Å². The molecule has 0 aromatic carbocycles. The summed E-state index contributed by atoms with van der Waals surface area (Å²) in [5.41, 5.74) is 0. The lowest BCUT2D eigenvalue weighted by molar-refractivity contribution is -0.151. The minimum atomic E-state index is -0.510. The predicted molar refractivity (Wildman–Crippen MR) is 54.1 cm³/mol. The zero-order chi connectivity index (χ0) is 11.1. The van der Waals surface area contributed by atoms with Gasteiger partial charge in [-0.2, -0.15) is 0 Å². The summed E-state index contributed by atoms with van der Waals surface area (Å²) in [6.07, 6.45) is 5.44. The highest BCUT2D eigenvalue weighted by atomic mass is 16.6. The van der Waals surface area contributed by atoms with Gasteiger partial charge >= 0.3 is 11.9 Å². The van der Waals surface area contributed by atoms with Crippen LogP contribution in [0.4, 0.5) is 0 Å². The maximum atomic E-state index is 11.2. The van der Waals surface area contributed by atoms with Crippen molar-refractivity contribution in [3.05, 3.63) is 12.7 Å². The molecular formula is C11H16O4. The van der Waals surface area contributed by atoms with Gasteiger partial charge in [0.15, 0.2) is 0 Å². The van der Waals surface area contributed by atoms with Crippen molar-refractivity contribution < 1.29 is 19.1 Å². The van der Waals surface area contributed by atoms with Gasteiger partial charge in [-0.3, -0.25) is 4.79 Å². The third-order valence-electron chi connectivity index (χ3n) is 2.32. The first-order chi connectivity index (χ1) is 7.22. The van der Waals surface area contributed by atoms with E-state index in [0.29, 0.717) is 0 Å². The highest BCUT2D eigenvalue weighted by molar-refractivity contribution is 5.81. The molecule has 4 heteroatoms. The fourth-order valence-electron chi connectivity index (χ4n) is 1.54. The van der Waals surface area contributed by atoms with Crippen molar-refractivity contribution in [2.75, 3.05) is 6.61 Å². The number of ether oxygens (including phenoxy) is 2. The molecule has 0 aromatic heterocycles. The molecule has 0 spiro atoms. The van der Waals surface area contributed by atoms with Gasteiger partial charge in [0.25, 0.3) is 0 Å². The first kappa shape index (κ1) is 11.8. The Morgan fingerprint density at radius 2 is 2.00 bits per heavy atom. The fraction of sp³-hybridized carbons (Fsp3) is 0.636. The standard InChI is InChI=1S/C11H16O4/c1-2-10(12)14-8-7-11(13)15-9-5-3-4-6-9/h2,9H,1,3-8H2. The van der Waals surface area contributed by atoms with Crippen LogP contribution in [0.15, 0.2) is 12.7 Å². The monoisotopic (exact) mass is 212 g/mol. The van der Waals surface area contributed by atoms with Crippen molar-refractivity contribution in [1.29, 1.82) is 0 Å². The van der Waals surface area contributed by atoms with Crippen LogP contribution in [0.25, 0.3) is 0 Å². The molecule has 1 fully saturated rings. The first-order valence-electron chi connectivity index (χ1n) is 5.21. The third kappa shape index (κ3) is 4.63. The van der Waals surface area contributed by atoms with E-state index in [2.05, 4.69) is 11.3 Å². The summed E-state index contributed by atoms with van der Waals surface area (Å²) < 4.78 is 9.84. The lowest BCUT2D eigenvalue weighted by Gasteiger charge is -2.10. The molecule has 0 heterocycles. The van der Waals surface area contributed by atoms with Gasteiger partial charge in [0.2, 0.25) is 0 Å². The Morgan fingerprint density at radius 3 is 2.60 bits per heavy atom. The Bertz CT molecular complexity index is 241. The lowest BCUT2D eigenvalue weighted by atomic mass is 10.3.